The molecule has 0 saturated carbocycles. The molecular formula is C52H32N4Ni. The van der Waals surface area contributed by atoms with Crippen LogP contribution >= 0.6 is 0 Å². The van der Waals surface area contributed by atoms with Gasteiger partial charge in [0.1, 0.15) is 0 Å². The van der Waals surface area contributed by atoms with Gasteiger partial charge in [0.15, 0.2) is 0 Å². The van der Waals surface area contributed by atoms with Gasteiger partial charge in [0, 0.05) is 27.8 Å². The predicted molar refractivity (Wildman–Crippen MR) is 230 cm³/mol. The predicted octanol–water partition coefficient (Wildman–Crippen LogP) is 12.9. The Morgan fingerprint density at radius 2 is 0.491 bits per heavy atom. The zero-order valence-corrected chi connectivity index (χ0v) is 31.6. The van der Waals surface area contributed by atoms with E-state index in [9.17, 15) is 0 Å². The normalized spacial score (nSPS) is 11.4. The molecule has 270 valence electrons. The van der Waals surface area contributed by atoms with Crippen molar-refractivity contribution in [2.45, 2.75) is 0 Å². The second kappa shape index (κ2) is 14.2. The first-order chi connectivity index (χ1) is 27.8. The molecule has 6 aromatic carbocycles. The van der Waals surface area contributed by atoms with E-state index in [0.29, 0.717) is 0 Å². The Balaban J connectivity index is 0.00000396. The summed E-state index contributed by atoms with van der Waals surface area (Å²) in [5, 5.41) is 0. The summed E-state index contributed by atoms with van der Waals surface area (Å²) < 4.78 is 0. The third-order valence-corrected chi connectivity index (χ3v) is 10.8. The van der Waals surface area contributed by atoms with Crippen molar-refractivity contribution in [3.8, 4) is 89.5 Å². The van der Waals surface area contributed by atoms with Gasteiger partial charge in [0.2, 0.25) is 0 Å². The Hall–Kier alpha value is -7.07. The minimum Gasteiger partial charge on any atom is -0.657 e. The number of hydrogen-bond donors (Lipinski definition) is 0. The van der Waals surface area contributed by atoms with Crippen molar-refractivity contribution >= 4 is 22.1 Å². The molecule has 0 N–H and O–H groups in total. The number of fused-ring (bicyclic) bond motifs is 14. The fraction of sp³-hybridized carbons (Fsp3) is 0. The topological polar surface area (TPSA) is 54.0 Å². The number of benzene rings is 6. The first-order valence-corrected chi connectivity index (χ1v) is 18.9. The van der Waals surface area contributed by atoms with E-state index in [0.717, 1.165) is 112 Å². The minimum atomic E-state index is 0. The summed E-state index contributed by atoms with van der Waals surface area (Å²) in [6.07, 6.45) is 0. The average Bonchev–Trinajstić information content (AvgIpc) is 4.08. The average molecular weight is 772 g/mol. The van der Waals surface area contributed by atoms with Crippen LogP contribution in [0.15, 0.2) is 194 Å². The fourth-order valence-electron chi connectivity index (χ4n) is 8.34. The number of rotatable bonds is 4. The van der Waals surface area contributed by atoms with Crippen molar-refractivity contribution in [3.63, 3.8) is 0 Å². The largest absolute Gasteiger partial charge is 2.00 e. The molecule has 5 heteroatoms. The zero-order chi connectivity index (χ0) is 37.0. The SMILES string of the molecule is [Ni+2].c1ccc(-c2c3nc(c(-c4ccccc4)c4ccc([n-]4)c(-c4ccccc4)c4ccc([n-]4)c(-c4ccccc4)c4nc2-c2ccccc2-4)-c2ccccc2-3)cc1. The van der Waals surface area contributed by atoms with Crippen molar-refractivity contribution in [1.29, 1.82) is 0 Å². The first kappa shape index (κ1) is 34.4. The summed E-state index contributed by atoms with van der Waals surface area (Å²) in [6.45, 7) is 0. The van der Waals surface area contributed by atoms with Gasteiger partial charge in [-0.2, -0.15) is 0 Å². The molecule has 57 heavy (non-hydrogen) atoms. The van der Waals surface area contributed by atoms with E-state index in [1.807, 2.05) is 6.07 Å². The van der Waals surface area contributed by atoms with Crippen molar-refractivity contribution in [2.75, 3.05) is 0 Å². The molecule has 0 fully saturated rings. The maximum Gasteiger partial charge on any atom is 2.00 e. The molecule has 3 aromatic heterocycles. The molecule has 2 aliphatic rings. The standard InChI is InChI=1S/C52H32N4.Ni/c1-5-17-33(18-6-1)45-41-29-31-43(53-41)46(34-19-7-2-8-20-34)49-37-25-13-15-27-39(37)51(55-49)48(36-23-11-4-12-24-36)52-40-28-16-14-26-38(40)50(56-52)47(35-21-9-3-10-22-35)44-32-30-42(45)54-44;/h1-32H;/q-2;+2. The smallest absolute Gasteiger partial charge is 0.657 e. The number of nitrogens with zero attached hydrogens (tertiary/aromatic N) is 4. The van der Waals surface area contributed by atoms with Gasteiger partial charge < -0.3 is 9.97 Å². The van der Waals surface area contributed by atoms with Gasteiger partial charge in [-0.1, -0.05) is 194 Å². The fourth-order valence-corrected chi connectivity index (χ4v) is 8.34. The minimum absolute atomic E-state index is 0. The third kappa shape index (κ3) is 5.75. The van der Waals surface area contributed by atoms with Crippen LogP contribution in [0.5, 0.6) is 0 Å². The Labute approximate surface area is 340 Å². The summed E-state index contributed by atoms with van der Waals surface area (Å²) in [5.74, 6) is 0. The molecule has 0 radical (unpaired) electrons. The quantitative estimate of drug-likeness (QED) is 0.167. The molecule has 8 bridgehead atoms. The molecule has 9 aromatic rings. The first-order valence-electron chi connectivity index (χ1n) is 18.9. The van der Waals surface area contributed by atoms with Crippen LogP contribution in [0.1, 0.15) is 0 Å². The molecule has 2 aliphatic heterocycles. The van der Waals surface area contributed by atoms with Gasteiger partial charge in [-0.15, -0.1) is 22.1 Å². The summed E-state index contributed by atoms with van der Waals surface area (Å²) in [7, 11) is 0. The van der Waals surface area contributed by atoms with Crippen LogP contribution in [0.25, 0.3) is 112 Å². The van der Waals surface area contributed by atoms with Crippen molar-refractivity contribution in [3.05, 3.63) is 194 Å². The van der Waals surface area contributed by atoms with Crippen LogP contribution in [0, 0.1) is 0 Å². The van der Waals surface area contributed by atoms with Crippen LogP contribution in [-0.4, -0.2) is 9.97 Å². The van der Waals surface area contributed by atoms with Crippen molar-refractivity contribution < 1.29 is 16.5 Å². The van der Waals surface area contributed by atoms with Crippen LogP contribution < -0.4 is 9.97 Å². The second-order valence-electron chi connectivity index (χ2n) is 14.1. The Kier molecular flexibility index (Phi) is 8.59. The Bertz CT molecular complexity index is 2940. The molecule has 0 saturated heterocycles. The molecule has 5 heterocycles. The van der Waals surface area contributed by atoms with Gasteiger partial charge >= 0.3 is 16.5 Å². The Morgan fingerprint density at radius 3 is 0.825 bits per heavy atom. The zero-order valence-electron chi connectivity index (χ0n) is 30.6. The van der Waals surface area contributed by atoms with Gasteiger partial charge in [-0.3, -0.25) is 0 Å². The van der Waals surface area contributed by atoms with Crippen LogP contribution in [-0.2, 0) is 16.5 Å². The van der Waals surface area contributed by atoms with Crippen molar-refractivity contribution in [1.82, 2.24) is 19.9 Å². The van der Waals surface area contributed by atoms with E-state index in [4.69, 9.17) is 19.9 Å². The molecule has 0 unspecified atom stereocenters. The molecule has 4 nitrogen and oxygen atoms in total. The third-order valence-electron chi connectivity index (χ3n) is 10.8. The molecule has 0 amide bonds. The van der Waals surface area contributed by atoms with Crippen LogP contribution in [0.4, 0.5) is 0 Å². The summed E-state index contributed by atoms with van der Waals surface area (Å²) in [6, 6.07) is 67.8. The van der Waals surface area contributed by atoms with E-state index in [1.54, 1.807) is 0 Å². The molecule has 0 atom stereocenters. The van der Waals surface area contributed by atoms with Crippen LogP contribution in [0.2, 0.25) is 0 Å². The summed E-state index contributed by atoms with van der Waals surface area (Å²) >= 11 is 0. The Morgan fingerprint density at radius 1 is 0.246 bits per heavy atom. The van der Waals surface area contributed by atoms with E-state index < -0.39 is 0 Å². The second-order valence-corrected chi connectivity index (χ2v) is 14.1. The monoisotopic (exact) mass is 770 g/mol. The van der Waals surface area contributed by atoms with E-state index in [2.05, 4.69) is 188 Å². The number of aromatic nitrogens is 4. The molecule has 0 aliphatic carbocycles. The van der Waals surface area contributed by atoms with Gasteiger partial charge in [0.05, 0.1) is 22.8 Å². The maximum atomic E-state index is 5.69. The molecule has 0 spiro atoms. The summed E-state index contributed by atoms with van der Waals surface area (Å²) in [4.78, 5) is 22.3. The molecular weight excluding hydrogens is 739 g/mol. The van der Waals surface area contributed by atoms with Crippen molar-refractivity contribution in [2.24, 2.45) is 0 Å². The summed E-state index contributed by atoms with van der Waals surface area (Å²) in [5.41, 5.74) is 19.3. The maximum absolute atomic E-state index is 5.69. The van der Waals surface area contributed by atoms with Crippen LogP contribution in [0.3, 0.4) is 0 Å². The van der Waals surface area contributed by atoms with E-state index in [1.165, 1.54) is 0 Å². The van der Waals surface area contributed by atoms with E-state index >= 15 is 0 Å². The van der Waals surface area contributed by atoms with Gasteiger partial charge in [0.25, 0.3) is 0 Å². The van der Waals surface area contributed by atoms with Gasteiger partial charge in [-0.05, 0) is 38.9 Å². The van der Waals surface area contributed by atoms with Gasteiger partial charge in [-0.25, -0.2) is 9.97 Å². The molecule has 11 rings (SSSR count). The number of hydrogen-bond acceptors (Lipinski definition) is 2. The van der Waals surface area contributed by atoms with E-state index in [-0.39, 0.29) is 16.5 Å².